The molecule has 2 N–H and O–H groups in total. The summed E-state index contributed by atoms with van der Waals surface area (Å²) in [6.07, 6.45) is 0.0945. The fourth-order valence-corrected chi connectivity index (χ4v) is 1.39. The quantitative estimate of drug-likeness (QED) is 0.609. The molecule has 0 saturated heterocycles. The Morgan fingerprint density at radius 2 is 2.25 bits per heavy atom. The first-order valence-corrected chi connectivity index (χ1v) is 3.92. The van der Waals surface area contributed by atoms with Gasteiger partial charge in [-0.15, -0.1) is 0 Å². The van der Waals surface area contributed by atoms with Crippen molar-refractivity contribution in [3.63, 3.8) is 0 Å². The lowest BCUT2D eigenvalue weighted by Gasteiger charge is -2.22. The lowest BCUT2D eigenvalue weighted by atomic mass is 10.0. The molecule has 0 fully saturated rings. The second-order valence-corrected chi connectivity index (χ2v) is 2.85. The van der Waals surface area contributed by atoms with Crippen LogP contribution in [0.4, 0.5) is 0 Å². The minimum Gasteiger partial charge on any atom is -0.504 e. The first kappa shape index (κ1) is 7.43. The Labute approximate surface area is 70.2 Å². The second kappa shape index (κ2) is 2.68. The van der Waals surface area contributed by atoms with E-state index in [0.29, 0.717) is 24.3 Å². The predicted octanol–water partition coefficient (Wildman–Crippen LogP) is 1.21. The van der Waals surface area contributed by atoms with Gasteiger partial charge in [-0.1, -0.05) is 12.1 Å². The number of aliphatic hydroxyl groups excluding tert-OH is 1. The maximum Gasteiger partial charge on any atom is 0.166 e. The molecule has 0 aromatic heterocycles. The van der Waals surface area contributed by atoms with E-state index in [1.165, 1.54) is 0 Å². The van der Waals surface area contributed by atoms with Crippen molar-refractivity contribution in [3.8, 4) is 11.5 Å². The van der Waals surface area contributed by atoms with E-state index in [9.17, 15) is 10.2 Å². The third kappa shape index (κ3) is 1.02. The van der Waals surface area contributed by atoms with E-state index in [-0.39, 0.29) is 5.75 Å². The molecule has 1 aromatic carbocycles. The fraction of sp³-hybridized carbons (Fsp3) is 0.333. The fourth-order valence-electron chi connectivity index (χ4n) is 1.39. The Balaban J connectivity index is 2.52. The van der Waals surface area contributed by atoms with Crippen LogP contribution in [0.15, 0.2) is 18.2 Å². The lowest BCUT2D eigenvalue weighted by Crippen LogP contribution is -2.13. The average Bonchev–Trinajstić information content (AvgIpc) is 2.07. The summed E-state index contributed by atoms with van der Waals surface area (Å²) < 4.78 is 5.21. The number of aliphatic hydroxyl groups is 1. The topological polar surface area (TPSA) is 49.7 Å². The molecule has 0 radical (unpaired) electrons. The highest BCUT2D eigenvalue weighted by Crippen LogP contribution is 2.38. The number of aromatic hydroxyl groups is 1. The smallest absolute Gasteiger partial charge is 0.166 e. The van der Waals surface area contributed by atoms with Crippen molar-refractivity contribution in [1.29, 1.82) is 0 Å². The molecule has 1 aliphatic heterocycles. The van der Waals surface area contributed by atoms with Crippen LogP contribution in [-0.4, -0.2) is 16.8 Å². The van der Waals surface area contributed by atoms with E-state index in [0.717, 1.165) is 0 Å². The molecule has 0 amide bonds. The zero-order valence-electron chi connectivity index (χ0n) is 6.53. The number of phenols is 1. The van der Waals surface area contributed by atoms with E-state index >= 15 is 0 Å². The maximum absolute atomic E-state index is 9.49. The Kier molecular flexibility index (Phi) is 1.66. The molecule has 1 aromatic rings. The highest BCUT2D eigenvalue weighted by Gasteiger charge is 2.21. The molecule has 1 atom stereocenters. The van der Waals surface area contributed by atoms with Crippen molar-refractivity contribution < 1.29 is 14.9 Å². The largest absolute Gasteiger partial charge is 0.504 e. The summed E-state index contributed by atoms with van der Waals surface area (Å²) in [5, 5.41) is 18.8. The zero-order valence-corrected chi connectivity index (χ0v) is 6.53. The molecule has 3 heteroatoms. The monoisotopic (exact) mass is 166 g/mol. The molecule has 0 aliphatic carbocycles. The summed E-state index contributed by atoms with van der Waals surface area (Å²) in [5.41, 5.74) is 0.682. The van der Waals surface area contributed by atoms with Crippen molar-refractivity contribution in [2.75, 3.05) is 6.61 Å². The number of phenolic OH excluding ortho intramolecular Hbond substituents is 1. The van der Waals surface area contributed by atoms with Gasteiger partial charge in [-0.25, -0.2) is 0 Å². The van der Waals surface area contributed by atoms with Crippen LogP contribution >= 0.6 is 0 Å². The van der Waals surface area contributed by atoms with Gasteiger partial charge in [-0.05, 0) is 6.07 Å². The third-order valence-electron chi connectivity index (χ3n) is 2.02. The van der Waals surface area contributed by atoms with Gasteiger partial charge in [0.15, 0.2) is 11.5 Å². The molecule has 2 rings (SSSR count). The molecular weight excluding hydrogens is 156 g/mol. The van der Waals surface area contributed by atoms with Gasteiger partial charge in [0, 0.05) is 12.0 Å². The summed E-state index contributed by atoms with van der Waals surface area (Å²) in [6.45, 7) is 0.464. The van der Waals surface area contributed by atoms with Gasteiger partial charge in [0.25, 0.3) is 0 Å². The minimum absolute atomic E-state index is 0.103. The van der Waals surface area contributed by atoms with Crippen molar-refractivity contribution in [2.24, 2.45) is 0 Å². The van der Waals surface area contributed by atoms with Crippen LogP contribution in [0.1, 0.15) is 18.1 Å². The summed E-state index contributed by atoms with van der Waals surface area (Å²) in [4.78, 5) is 0. The van der Waals surface area contributed by atoms with Gasteiger partial charge >= 0.3 is 0 Å². The predicted molar refractivity (Wildman–Crippen MR) is 43.2 cm³/mol. The van der Waals surface area contributed by atoms with Gasteiger partial charge in [-0.3, -0.25) is 0 Å². The first-order chi connectivity index (χ1) is 5.79. The SMILES string of the molecule is Oc1cccc2c1OCCC2O. The lowest BCUT2D eigenvalue weighted by molar-refractivity contribution is 0.113. The van der Waals surface area contributed by atoms with Crippen LogP contribution < -0.4 is 4.74 Å². The zero-order chi connectivity index (χ0) is 8.55. The number of benzene rings is 1. The van der Waals surface area contributed by atoms with Crippen LogP contribution in [0.25, 0.3) is 0 Å². The third-order valence-corrected chi connectivity index (χ3v) is 2.02. The molecule has 1 aliphatic rings. The van der Waals surface area contributed by atoms with E-state index in [4.69, 9.17) is 4.74 Å². The summed E-state index contributed by atoms with van der Waals surface area (Å²) in [7, 11) is 0. The van der Waals surface area contributed by atoms with Gasteiger partial charge in [0.05, 0.1) is 12.7 Å². The second-order valence-electron chi connectivity index (χ2n) is 2.85. The van der Waals surface area contributed by atoms with Gasteiger partial charge in [0.2, 0.25) is 0 Å². The number of hydrogen-bond donors (Lipinski definition) is 2. The summed E-state index contributed by atoms with van der Waals surface area (Å²) in [5.74, 6) is 0.530. The molecule has 0 bridgehead atoms. The summed E-state index contributed by atoms with van der Waals surface area (Å²) >= 11 is 0. The standard InChI is InChI=1S/C9H10O3/c10-7-4-5-12-9-6(7)2-1-3-8(9)11/h1-3,7,10-11H,4-5H2. The number of para-hydroxylation sites is 1. The molecule has 1 heterocycles. The number of rotatable bonds is 0. The van der Waals surface area contributed by atoms with E-state index < -0.39 is 6.10 Å². The van der Waals surface area contributed by atoms with Crippen LogP contribution in [-0.2, 0) is 0 Å². The van der Waals surface area contributed by atoms with Crippen molar-refractivity contribution in [1.82, 2.24) is 0 Å². The van der Waals surface area contributed by atoms with Crippen LogP contribution in [0, 0.1) is 0 Å². The average molecular weight is 166 g/mol. The normalized spacial score (nSPS) is 21.2. The van der Waals surface area contributed by atoms with E-state index in [1.54, 1.807) is 18.2 Å². The molecule has 0 saturated carbocycles. The molecule has 64 valence electrons. The Morgan fingerprint density at radius 3 is 3.00 bits per heavy atom. The molecule has 12 heavy (non-hydrogen) atoms. The Bertz CT molecular complexity index is 296. The summed E-state index contributed by atoms with van der Waals surface area (Å²) in [6, 6.07) is 5.02. The van der Waals surface area contributed by atoms with E-state index in [1.807, 2.05) is 0 Å². The first-order valence-electron chi connectivity index (χ1n) is 3.92. The Hall–Kier alpha value is -1.22. The molecule has 0 spiro atoms. The number of fused-ring (bicyclic) bond motifs is 1. The van der Waals surface area contributed by atoms with Crippen molar-refractivity contribution >= 4 is 0 Å². The van der Waals surface area contributed by atoms with Gasteiger partial charge in [-0.2, -0.15) is 0 Å². The molecule has 3 nitrogen and oxygen atoms in total. The van der Waals surface area contributed by atoms with Gasteiger partial charge < -0.3 is 14.9 Å². The maximum atomic E-state index is 9.49. The highest BCUT2D eigenvalue weighted by atomic mass is 16.5. The molecule has 1 unspecified atom stereocenters. The highest BCUT2D eigenvalue weighted by molar-refractivity contribution is 5.47. The van der Waals surface area contributed by atoms with Crippen molar-refractivity contribution in [3.05, 3.63) is 23.8 Å². The van der Waals surface area contributed by atoms with Crippen LogP contribution in [0.2, 0.25) is 0 Å². The van der Waals surface area contributed by atoms with Crippen LogP contribution in [0.3, 0.4) is 0 Å². The van der Waals surface area contributed by atoms with Crippen LogP contribution in [0.5, 0.6) is 11.5 Å². The minimum atomic E-state index is -0.499. The molecular formula is C9H10O3. The number of hydrogen-bond acceptors (Lipinski definition) is 3. The number of ether oxygens (including phenoxy) is 1. The Morgan fingerprint density at radius 1 is 1.42 bits per heavy atom. The van der Waals surface area contributed by atoms with E-state index in [2.05, 4.69) is 0 Å². The van der Waals surface area contributed by atoms with Crippen molar-refractivity contribution in [2.45, 2.75) is 12.5 Å². The van der Waals surface area contributed by atoms with Gasteiger partial charge in [0.1, 0.15) is 0 Å².